The molecule has 146 valence electrons. The second-order valence-electron chi connectivity index (χ2n) is 6.14. The van der Waals surface area contributed by atoms with Gasteiger partial charge in [-0.3, -0.25) is 19.6 Å². The van der Waals surface area contributed by atoms with Crippen molar-refractivity contribution < 1.29 is 18.9 Å². The molecule has 9 heteroatoms. The van der Waals surface area contributed by atoms with E-state index in [0.29, 0.717) is 23.6 Å². The van der Waals surface area contributed by atoms with Gasteiger partial charge in [0.05, 0.1) is 4.92 Å². The minimum absolute atomic E-state index is 0.0388. The third-order valence-electron chi connectivity index (χ3n) is 4.04. The highest BCUT2D eigenvalue weighted by Gasteiger charge is 2.13. The first-order valence-corrected chi connectivity index (χ1v) is 8.75. The minimum atomic E-state index is -0.439. The third-order valence-corrected chi connectivity index (χ3v) is 4.04. The van der Waals surface area contributed by atoms with Crippen LogP contribution in [-0.2, 0) is 13.2 Å². The number of aryl methyl sites for hydroxylation is 2. The summed E-state index contributed by atoms with van der Waals surface area (Å²) in [6, 6.07) is 9.62. The number of carbonyl (C=O) groups is 1. The van der Waals surface area contributed by atoms with Crippen molar-refractivity contribution in [3.63, 3.8) is 0 Å². The largest absolute Gasteiger partial charge is 0.486 e. The Kier molecular flexibility index (Phi) is 6.05. The minimum Gasteiger partial charge on any atom is -0.486 e. The van der Waals surface area contributed by atoms with Gasteiger partial charge in [-0.2, -0.15) is 5.10 Å². The molecule has 0 aliphatic heterocycles. The van der Waals surface area contributed by atoms with Crippen LogP contribution < -0.4 is 10.1 Å². The third kappa shape index (κ3) is 4.97. The summed E-state index contributed by atoms with van der Waals surface area (Å²) in [5, 5.41) is 17.7. The Labute approximate surface area is 161 Å². The van der Waals surface area contributed by atoms with Gasteiger partial charge in [0.15, 0.2) is 5.76 Å². The summed E-state index contributed by atoms with van der Waals surface area (Å²) >= 11 is 0. The van der Waals surface area contributed by atoms with Crippen molar-refractivity contribution in [2.75, 3.05) is 6.54 Å². The van der Waals surface area contributed by atoms with Crippen LogP contribution in [0, 0.1) is 17.0 Å². The summed E-state index contributed by atoms with van der Waals surface area (Å²) in [4.78, 5) is 22.5. The van der Waals surface area contributed by atoms with Gasteiger partial charge < -0.3 is 14.5 Å². The summed E-state index contributed by atoms with van der Waals surface area (Å²) in [6.07, 6.45) is 4.33. The van der Waals surface area contributed by atoms with Crippen molar-refractivity contribution in [1.82, 2.24) is 15.1 Å². The van der Waals surface area contributed by atoms with Gasteiger partial charge in [-0.1, -0.05) is 0 Å². The van der Waals surface area contributed by atoms with Crippen LogP contribution in [-0.4, -0.2) is 27.2 Å². The highest BCUT2D eigenvalue weighted by atomic mass is 16.6. The SMILES string of the molecule is Cc1cc(OCc2ccc(C(=O)NCCCn3cccn3)o2)ccc1[N+](=O)[O-]. The van der Waals surface area contributed by atoms with E-state index in [0.717, 1.165) is 13.0 Å². The average molecular weight is 384 g/mol. The van der Waals surface area contributed by atoms with Crippen LogP contribution in [0.25, 0.3) is 0 Å². The van der Waals surface area contributed by atoms with Crippen molar-refractivity contribution in [2.24, 2.45) is 0 Å². The lowest BCUT2D eigenvalue weighted by Crippen LogP contribution is -2.24. The van der Waals surface area contributed by atoms with E-state index < -0.39 is 4.92 Å². The van der Waals surface area contributed by atoms with Gasteiger partial charge in [-0.15, -0.1) is 0 Å². The summed E-state index contributed by atoms with van der Waals surface area (Å²) in [5.41, 5.74) is 0.550. The molecule has 0 aliphatic rings. The fourth-order valence-electron chi connectivity index (χ4n) is 2.62. The zero-order valence-corrected chi connectivity index (χ0v) is 15.3. The van der Waals surface area contributed by atoms with E-state index in [4.69, 9.17) is 9.15 Å². The fourth-order valence-corrected chi connectivity index (χ4v) is 2.62. The maximum absolute atomic E-state index is 12.1. The van der Waals surface area contributed by atoms with E-state index in [1.165, 1.54) is 12.1 Å². The summed E-state index contributed by atoms with van der Waals surface area (Å²) < 4.78 is 12.9. The van der Waals surface area contributed by atoms with Gasteiger partial charge in [0.1, 0.15) is 18.1 Å². The van der Waals surface area contributed by atoms with Gasteiger partial charge >= 0.3 is 0 Å². The Morgan fingerprint density at radius 2 is 2.21 bits per heavy atom. The molecule has 1 amide bonds. The van der Waals surface area contributed by atoms with Crippen LogP contribution in [0.3, 0.4) is 0 Å². The van der Waals surface area contributed by atoms with Crippen LogP contribution >= 0.6 is 0 Å². The first-order chi connectivity index (χ1) is 13.5. The van der Waals surface area contributed by atoms with Crippen LogP contribution in [0.5, 0.6) is 5.75 Å². The molecular weight excluding hydrogens is 364 g/mol. The Hall–Kier alpha value is -3.62. The Morgan fingerprint density at radius 1 is 1.36 bits per heavy atom. The number of nitrogens with zero attached hydrogens (tertiary/aromatic N) is 3. The molecule has 0 aliphatic carbocycles. The topological polar surface area (TPSA) is 112 Å². The maximum Gasteiger partial charge on any atom is 0.286 e. The number of hydrogen-bond donors (Lipinski definition) is 1. The van der Waals surface area contributed by atoms with Gasteiger partial charge in [-0.05, 0) is 43.7 Å². The second-order valence-corrected chi connectivity index (χ2v) is 6.14. The van der Waals surface area contributed by atoms with Crippen molar-refractivity contribution in [3.8, 4) is 5.75 Å². The second kappa shape index (κ2) is 8.85. The van der Waals surface area contributed by atoms with Crippen molar-refractivity contribution in [2.45, 2.75) is 26.5 Å². The number of nitro groups is 1. The van der Waals surface area contributed by atoms with Crippen molar-refractivity contribution >= 4 is 11.6 Å². The number of ether oxygens (including phenoxy) is 1. The molecule has 9 nitrogen and oxygen atoms in total. The summed E-state index contributed by atoms with van der Waals surface area (Å²) in [5.74, 6) is 0.886. The molecule has 1 N–H and O–H groups in total. The lowest BCUT2D eigenvalue weighted by Gasteiger charge is -2.06. The summed E-state index contributed by atoms with van der Waals surface area (Å²) in [6.45, 7) is 2.99. The molecule has 1 aromatic carbocycles. The summed E-state index contributed by atoms with van der Waals surface area (Å²) in [7, 11) is 0. The Balaban J connectivity index is 1.46. The standard InChI is InChI=1S/C19H20N4O5/c1-14-12-15(4-6-17(14)23(25)26)27-13-16-5-7-18(28-16)19(24)20-8-2-10-22-11-3-9-21-22/h3-7,9,11-12H,2,8,10,13H2,1H3,(H,20,24). The molecule has 28 heavy (non-hydrogen) atoms. The van der Waals surface area contributed by atoms with Gasteiger partial charge in [0, 0.05) is 37.1 Å². The number of benzene rings is 1. The van der Waals surface area contributed by atoms with Crippen LogP contribution in [0.1, 0.15) is 28.3 Å². The maximum atomic E-state index is 12.1. The molecule has 0 saturated carbocycles. The molecule has 0 bridgehead atoms. The fraction of sp³-hybridized carbons (Fsp3) is 0.263. The Morgan fingerprint density at radius 3 is 2.93 bits per heavy atom. The lowest BCUT2D eigenvalue weighted by atomic mass is 10.2. The monoisotopic (exact) mass is 384 g/mol. The molecule has 2 heterocycles. The number of nitrogens with one attached hydrogen (secondary N) is 1. The predicted molar refractivity (Wildman–Crippen MR) is 100 cm³/mol. The molecular formula is C19H20N4O5. The Bertz CT molecular complexity index is 949. The molecule has 0 radical (unpaired) electrons. The zero-order chi connectivity index (χ0) is 19.9. The quantitative estimate of drug-likeness (QED) is 0.345. The van der Waals surface area contributed by atoms with Gasteiger partial charge in [-0.25, -0.2) is 0 Å². The molecule has 2 aromatic heterocycles. The van der Waals surface area contributed by atoms with E-state index in [1.807, 2.05) is 12.3 Å². The molecule has 0 spiro atoms. The molecule has 0 unspecified atom stereocenters. The van der Waals surface area contributed by atoms with E-state index in [-0.39, 0.29) is 24.0 Å². The number of rotatable bonds is 9. The highest BCUT2D eigenvalue weighted by Crippen LogP contribution is 2.24. The van der Waals surface area contributed by atoms with Crippen molar-refractivity contribution in [3.05, 3.63) is 76.0 Å². The van der Waals surface area contributed by atoms with Gasteiger partial charge in [0.2, 0.25) is 0 Å². The molecule has 0 saturated heterocycles. The van der Waals surface area contributed by atoms with Crippen LogP contribution in [0.15, 0.2) is 53.2 Å². The van der Waals surface area contributed by atoms with E-state index in [2.05, 4.69) is 10.4 Å². The molecule has 0 atom stereocenters. The molecule has 0 fully saturated rings. The number of furan rings is 1. The predicted octanol–water partition coefficient (Wildman–Crippen LogP) is 3.09. The number of aromatic nitrogens is 2. The van der Waals surface area contributed by atoms with Crippen molar-refractivity contribution in [1.29, 1.82) is 0 Å². The lowest BCUT2D eigenvalue weighted by molar-refractivity contribution is -0.385. The first kappa shape index (κ1) is 19.2. The van der Waals surface area contributed by atoms with E-state index in [1.54, 1.807) is 36.0 Å². The average Bonchev–Trinajstić information content (AvgIpc) is 3.35. The molecule has 3 rings (SSSR count). The molecule has 3 aromatic rings. The van der Waals surface area contributed by atoms with Crippen LogP contribution in [0.4, 0.5) is 5.69 Å². The number of carbonyl (C=O) groups excluding carboxylic acids is 1. The number of nitro benzene ring substituents is 1. The normalized spacial score (nSPS) is 10.6. The number of amides is 1. The zero-order valence-electron chi connectivity index (χ0n) is 15.3. The van der Waals surface area contributed by atoms with Crippen LogP contribution in [0.2, 0.25) is 0 Å². The van der Waals surface area contributed by atoms with E-state index in [9.17, 15) is 14.9 Å². The smallest absolute Gasteiger partial charge is 0.286 e. The van der Waals surface area contributed by atoms with E-state index >= 15 is 0 Å². The number of hydrogen-bond acceptors (Lipinski definition) is 6. The first-order valence-electron chi connectivity index (χ1n) is 8.75. The van der Waals surface area contributed by atoms with Gasteiger partial charge in [0.25, 0.3) is 11.6 Å². The highest BCUT2D eigenvalue weighted by molar-refractivity contribution is 5.91.